The van der Waals surface area contributed by atoms with E-state index in [1.165, 1.54) is 16.7 Å². The van der Waals surface area contributed by atoms with Crippen molar-refractivity contribution in [2.24, 2.45) is 5.41 Å². The summed E-state index contributed by atoms with van der Waals surface area (Å²) in [6.45, 7) is 9.35. The molecule has 0 amide bonds. The predicted molar refractivity (Wildman–Crippen MR) is 109 cm³/mol. The number of benzene rings is 1. The summed E-state index contributed by atoms with van der Waals surface area (Å²) in [7, 11) is 0. The molecule has 0 radical (unpaired) electrons. The van der Waals surface area contributed by atoms with E-state index in [0.717, 1.165) is 23.1 Å². The Morgan fingerprint density at radius 3 is 2.75 bits per heavy atom. The van der Waals surface area contributed by atoms with E-state index in [1.54, 1.807) is 13.1 Å². The molecule has 3 heterocycles. The molecule has 3 aliphatic heterocycles. The van der Waals surface area contributed by atoms with Crippen LogP contribution in [0, 0.1) is 5.41 Å². The van der Waals surface area contributed by atoms with Crippen LogP contribution in [0.3, 0.4) is 0 Å². The zero-order chi connectivity index (χ0) is 20.2. The molecule has 6 heteroatoms. The van der Waals surface area contributed by atoms with Gasteiger partial charge in [0, 0.05) is 30.6 Å². The normalized spacial score (nSPS) is 23.4. The van der Waals surface area contributed by atoms with Crippen molar-refractivity contribution < 1.29 is 19.1 Å². The highest BCUT2D eigenvalue weighted by atomic mass is 79.9. The molecule has 4 rings (SSSR count). The van der Waals surface area contributed by atoms with Gasteiger partial charge < -0.3 is 14.4 Å². The van der Waals surface area contributed by atoms with Gasteiger partial charge >= 0.3 is 5.97 Å². The van der Waals surface area contributed by atoms with Crippen molar-refractivity contribution >= 4 is 27.7 Å². The molecule has 0 fully saturated rings. The summed E-state index contributed by atoms with van der Waals surface area (Å²) < 4.78 is 11.9. The summed E-state index contributed by atoms with van der Waals surface area (Å²) in [5, 5.41) is 0. The fraction of sp³-hybridized carbons (Fsp3) is 0.545. The number of rotatable bonds is 2. The third kappa shape index (κ3) is 3.06. The lowest BCUT2D eigenvalue weighted by molar-refractivity contribution is -0.140. The molecule has 0 aromatic heterocycles. The zero-order valence-electron chi connectivity index (χ0n) is 16.8. The number of hydrogen-bond donors (Lipinski definition) is 0. The zero-order valence-corrected chi connectivity index (χ0v) is 18.4. The first-order chi connectivity index (χ1) is 13.2. The highest BCUT2D eigenvalue weighted by Crippen LogP contribution is 2.49. The number of hydrogen-bond acceptors (Lipinski definition) is 5. The van der Waals surface area contributed by atoms with Crippen molar-refractivity contribution in [2.45, 2.75) is 59.0 Å². The summed E-state index contributed by atoms with van der Waals surface area (Å²) in [6, 6.07) is 2.21. The van der Waals surface area contributed by atoms with Crippen LogP contribution in [0.4, 0.5) is 0 Å². The highest BCUT2D eigenvalue weighted by Gasteiger charge is 2.45. The lowest BCUT2D eigenvalue weighted by atomic mass is 9.73. The number of halogens is 1. The summed E-state index contributed by atoms with van der Waals surface area (Å²) in [6.07, 6.45) is 3.81. The number of ketones is 1. The Bertz CT molecular complexity index is 884. The minimum Gasteiger partial charge on any atom is -0.492 e. The number of ether oxygens (including phenoxy) is 2. The molecule has 0 N–H and O–H groups in total. The second-order valence-electron chi connectivity index (χ2n) is 8.77. The van der Waals surface area contributed by atoms with Crippen molar-refractivity contribution in [2.75, 3.05) is 13.2 Å². The molecule has 3 aliphatic rings. The number of carbonyl (C=O) groups is 2. The summed E-state index contributed by atoms with van der Waals surface area (Å²) in [5.74, 6) is 0.283. The van der Waals surface area contributed by atoms with Crippen LogP contribution in [0.5, 0.6) is 5.75 Å². The largest absolute Gasteiger partial charge is 0.492 e. The SMILES string of the molecule is CCOC(=O)C1=CN2C(CC1=O)c1cc(Br)c3c(c1CC2C(C)(C)C)CCO3. The van der Waals surface area contributed by atoms with E-state index in [9.17, 15) is 9.59 Å². The van der Waals surface area contributed by atoms with Gasteiger partial charge in [0.05, 0.1) is 23.7 Å². The van der Waals surface area contributed by atoms with Gasteiger partial charge in [-0.2, -0.15) is 0 Å². The average Bonchev–Trinajstić information content (AvgIpc) is 3.11. The van der Waals surface area contributed by atoms with Gasteiger partial charge in [-0.3, -0.25) is 4.79 Å². The molecule has 0 saturated heterocycles. The van der Waals surface area contributed by atoms with Gasteiger partial charge in [-0.1, -0.05) is 20.8 Å². The second kappa shape index (κ2) is 6.90. The van der Waals surface area contributed by atoms with Crippen LogP contribution in [0.2, 0.25) is 0 Å². The quantitative estimate of drug-likeness (QED) is 0.504. The first-order valence-electron chi connectivity index (χ1n) is 9.89. The van der Waals surface area contributed by atoms with Gasteiger partial charge in [-0.25, -0.2) is 4.79 Å². The molecule has 5 nitrogen and oxygen atoms in total. The average molecular weight is 448 g/mol. The van der Waals surface area contributed by atoms with Crippen molar-refractivity contribution in [3.63, 3.8) is 0 Å². The van der Waals surface area contributed by atoms with E-state index < -0.39 is 5.97 Å². The van der Waals surface area contributed by atoms with Crippen LogP contribution in [0.15, 0.2) is 22.3 Å². The van der Waals surface area contributed by atoms with E-state index in [-0.39, 0.29) is 41.9 Å². The Hall–Kier alpha value is -1.82. The molecule has 1 aromatic carbocycles. The van der Waals surface area contributed by atoms with Gasteiger partial charge in [-0.15, -0.1) is 0 Å². The molecule has 150 valence electrons. The van der Waals surface area contributed by atoms with E-state index in [1.807, 2.05) is 0 Å². The maximum absolute atomic E-state index is 12.8. The fourth-order valence-electron chi connectivity index (χ4n) is 4.67. The van der Waals surface area contributed by atoms with Gasteiger partial charge in [-0.05, 0) is 51.9 Å². The number of carbonyl (C=O) groups excluding carboxylic acids is 2. The number of Topliss-reactive ketones (excluding diaryl/α,β-unsaturated/α-hetero) is 1. The van der Waals surface area contributed by atoms with E-state index in [2.05, 4.69) is 47.7 Å². The smallest absolute Gasteiger partial charge is 0.343 e. The van der Waals surface area contributed by atoms with Gasteiger partial charge in [0.1, 0.15) is 11.3 Å². The first kappa shape index (κ1) is 19.5. The maximum Gasteiger partial charge on any atom is 0.343 e. The number of fused-ring (bicyclic) bond motifs is 5. The van der Waals surface area contributed by atoms with Crippen molar-refractivity contribution in [3.05, 3.63) is 39.0 Å². The summed E-state index contributed by atoms with van der Waals surface area (Å²) >= 11 is 3.65. The van der Waals surface area contributed by atoms with Crippen LogP contribution in [-0.2, 0) is 27.2 Å². The molecule has 0 spiro atoms. The Morgan fingerprint density at radius 1 is 1.32 bits per heavy atom. The van der Waals surface area contributed by atoms with E-state index in [4.69, 9.17) is 9.47 Å². The Morgan fingerprint density at radius 2 is 2.07 bits per heavy atom. The van der Waals surface area contributed by atoms with Gasteiger partial charge in [0.25, 0.3) is 0 Å². The Labute approximate surface area is 174 Å². The number of nitrogens with zero attached hydrogens (tertiary/aromatic N) is 1. The van der Waals surface area contributed by atoms with Crippen molar-refractivity contribution in [1.82, 2.24) is 4.90 Å². The highest BCUT2D eigenvalue weighted by molar-refractivity contribution is 9.10. The lowest BCUT2D eigenvalue weighted by Crippen LogP contribution is -2.50. The van der Waals surface area contributed by atoms with Crippen LogP contribution >= 0.6 is 15.9 Å². The minimum atomic E-state index is -0.520. The Kier molecular flexibility index (Phi) is 4.81. The molecule has 0 saturated carbocycles. The van der Waals surface area contributed by atoms with Crippen molar-refractivity contribution in [3.8, 4) is 5.75 Å². The molecular formula is C22H26BrNO4. The molecule has 0 aliphatic carbocycles. The molecule has 0 bridgehead atoms. The fourth-order valence-corrected chi connectivity index (χ4v) is 5.27. The van der Waals surface area contributed by atoms with Crippen molar-refractivity contribution in [1.29, 1.82) is 0 Å². The standard InChI is InChI=1S/C22H26BrNO4/c1-5-27-21(26)15-11-24-17(10-18(15)25)14-8-16(23)20-12(6-7-28-20)13(14)9-19(24)22(2,3)4/h8,11,17,19H,5-7,9-10H2,1-4H3. The Balaban J connectivity index is 1.86. The van der Waals surface area contributed by atoms with Crippen LogP contribution in [-0.4, -0.2) is 35.9 Å². The number of esters is 1. The molecule has 28 heavy (non-hydrogen) atoms. The second-order valence-corrected chi connectivity index (χ2v) is 9.63. The van der Waals surface area contributed by atoms with Crippen LogP contribution in [0.1, 0.15) is 56.8 Å². The van der Waals surface area contributed by atoms with E-state index >= 15 is 0 Å². The monoisotopic (exact) mass is 447 g/mol. The third-order valence-electron chi connectivity index (χ3n) is 6.01. The molecule has 2 atom stereocenters. The third-order valence-corrected chi connectivity index (χ3v) is 6.60. The maximum atomic E-state index is 12.8. The first-order valence-corrected chi connectivity index (χ1v) is 10.7. The minimum absolute atomic E-state index is 0.0218. The molecule has 2 unspecified atom stereocenters. The predicted octanol–water partition coefficient (Wildman–Crippen LogP) is 4.12. The summed E-state index contributed by atoms with van der Waals surface area (Å²) in [4.78, 5) is 27.4. The molecular weight excluding hydrogens is 422 g/mol. The van der Waals surface area contributed by atoms with E-state index in [0.29, 0.717) is 6.61 Å². The topological polar surface area (TPSA) is 55.8 Å². The van der Waals surface area contributed by atoms with Crippen LogP contribution < -0.4 is 4.74 Å². The lowest BCUT2D eigenvalue weighted by Gasteiger charge is -2.50. The van der Waals surface area contributed by atoms with Gasteiger partial charge in [0.15, 0.2) is 5.78 Å². The van der Waals surface area contributed by atoms with Gasteiger partial charge in [0.2, 0.25) is 0 Å². The van der Waals surface area contributed by atoms with Crippen LogP contribution in [0.25, 0.3) is 0 Å². The summed E-state index contributed by atoms with van der Waals surface area (Å²) in [5.41, 5.74) is 3.90. The molecule has 1 aromatic rings.